The first-order valence-corrected chi connectivity index (χ1v) is 11.0. The van der Waals surface area contributed by atoms with Crippen LogP contribution in [0, 0.1) is 0 Å². The number of aromatic nitrogens is 5. The average Bonchev–Trinajstić information content (AvgIpc) is 3.48. The van der Waals surface area contributed by atoms with Gasteiger partial charge in [0, 0.05) is 10.6 Å². The van der Waals surface area contributed by atoms with Crippen molar-refractivity contribution in [1.29, 1.82) is 0 Å². The fraction of sp³-hybridized carbons (Fsp3) is 0.0952. The molecule has 2 aromatic carbocycles. The van der Waals surface area contributed by atoms with Crippen LogP contribution in [0.15, 0.2) is 69.2 Å². The van der Waals surface area contributed by atoms with E-state index in [0.717, 1.165) is 4.90 Å². The summed E-state index contributed by atoms with van der Waals surface area (Å²) in [5, 5.41) is 19.3. The number of ether oxygens (including phenoxy) is 1. The number of nitrogens with one attached hydrogen (secondary N) is 1. The predicted octanol–water partition coefficient (Wildman–Crippen LogP) is 1.15. The summed E-state index contributed by atoms with van der Waals surface area (Å²) in [5.41, 5.74) is 14.5. The number of nitrogens with zero attached hydrogens (tertiary/aromatic N) is 6. The van der Waals surface area contributed by atoms with E-state index in [-0.39, 0.29) is 23.9 Å². The van der Waals surface area contributed by atoms with Crippen LogP contribution in [-0.2, 0) is 10.5 Å². The lowest BCUT2D eigenvalue weighted by Crippen LogP contribution is -2.20. The second kappa shape index (κ2) is 10.9. The van der Waals surface area contributed by atoms with E-state index >= 15 is 0 Å². The smallest absolute Gasteiger partial charge is 0.293 e. The van der Waals surface area contributed by atoms with E-state index < -0.39 is 11.8 Å². The van der Waals surface area contributed by atoms with Crippen molar-refractivity contribution in [2.75, 3.05) is 12.3 Å². The van der Waals surface area contributed by atoms with Crippen molar-refractivity contribution in [1.82, 2.24) is 30.7 Å². The first-order chi connectivity index (χ1) is 17.0. The molecule has 35 heavy (non-hydrogen) atoms. The standard InChI is InChI=1S/C21H19N9O4S/c22-17(31)11-33-14-8-6-13(7-9-14)10-24-26-21(32)18-16(12-35-15-4-2-1-3-5-15)30(29-25-18)20-19(23)27-34-28-20/h1-10H,11-12H2,(H2,22,31)(H2,23,27)(H,26,32)/b24-10-. The number of thioether (sulfide) groups is 1. The van der Waals surface area contributed by atoms with Gasteiger partial charge in [-0.2, -0.15) is 9.78 Å². The highest BCUT2D eigenvalue weighted by molar-refractivity contribution is 7.98. The number of amides is 2. The molecule has 0 fully saturated rings. The van der Waals surface area contributed by atoms with Crippen molar-refractivity contribution in [2.24, 2.45) is 10.8 Å². The number of carbonyl (C=O) groups excluding carboxylic acids is 2. The highest BCUT2D eigenvalue weighted by Crippen LogP contribution is 2.25. The molecule has 0 saturated heterocycles. The van der Waals surface area contributed by atoms with Gasteiger partial charge in [0.25, 0.3) is 11.8 Å². The Bertz CT molecular complexity index is 1340. The zero-order valence-electron chi connectivity index (χ0n) is 18.1. The van der Waals surface area contributed by atoms with E-state index in [1.54, 1.807) is 24.3 Å². The molecule has 0 spiro atoms. The summed E-state index contributed by atoms with van der Waals surface area (Å²) in [4.78, 5) is 24.6. The van der Waals surface area contributed by atoms with Crippen LogP contribution in [0.4, 0.5) is 5.82 Å². The summed E-state index contributed by atoms with van der Waals surface area (Å²) < 4.78 is 11.2. The van der Waals surface area contributed by atoms with E-state index in [1.165, 1.54) is 22.7 Å². The quantitative estimate of drug-likeness (QED) is 0.164. The van der Waals surface area contributed by atoms with Crippen molar-refractivity contribution in [3.63, 3.8) is 0 Å². The Labute approximate surface area is 202 Å². The Hall–Kier alpha value is -4.72. The largest absolute Gasteiger partial charge is 0.484 e. The average molecular weight is 494 g/mol. The van der Waals surface area contributed by atoms with Gasteiger partial charge in [-0.1, -0.05) is 23.4 Å². The molecule has 4 rings (SSSR count). The number of hydrogen-bond acceptors (Lipinski definition) is 11. The summed E-state index contributed by atoms with van der Waals surface area (Å²) in [6, 6.07) is 16.3. The Kier molecular flexibility index (Phi) is 7.32. The van der Waals surface area contributed by atoms with Gasteiger partial charge in [-0.15, -0.1) is 16.9 Å². The van der Waals surface area contributed by atoms with Gasteiger partial charge >= 0.3 is 0 Å². The van der Waals surface area contributed by atoms with Crippen LogP contribution in [-0.4, -0.2) is 49.9 Å². The molecule has 2 amide bonds. The third-order valence-electron chi connectivity index (χ3n) is 4.43. The molecule has 5 N–H and O–H groups in total. The van der Waals surface area contributed by atoms with Gasteiger partial charge in [-0.25, -0.2) is 10.1 Å². The summed E-state index contributed by atoms with van der Waals surface area (Å²) in [6.07, 6.45) is 1.44. The molecule has 4 aromatic rings. The number of hydrazone groups is 1. The highest BCUT2D eigenvalue weighted by Gasteiger charge is 2.24. The number of hydrogen-bond donors (Lipinski definition) is 3. The van der Waals surface area contributed by atoms with Crippen LogP contribution in [0.25, 0.3) is 5.82 Å². The maximum atomic E-state index is 12.8. The van der Waals surface area contributed by atoms with E-state index in [0.29, 0.717) is 22.8 Å². The van der Waals surface area contributed by atoms with E-state index in [2.05, 4.69) is 35.8 Å². The highest BCUT2D eigenvalue weighted by atomic mass is 32.2. The van der Waals surface area contributed by atoms with Crippen LogP contribution in [0.2, 0.25) is 0 Å². The lowest BCUT2D eigenvalue weighted by Gasteiger charge is -2.06. The van der Waals surface area contributed by atoms with Gasteiger partial charge in [0.1, 0.15) is 5.75 Å². The van der Waals surface area contributed by atoms with E-state index in [9.17, 15) is 9.59 Å². The molecule has 13 nitrogen and oxygen atoms in total. The lowest BCUT2D eigenvalue weighted by molar-refractivity contribution is -0.119. The number of nitrogen functional groups attached to an aromatic ring is 1. The molecule has 2 heterocycles. The Morgan fingerprint density at radius 1 is 1.14 bits per heavy atom. The summed E-state index contributed by atoms with van der Waals surface area (Å²) >= 11 is 1.48. The monoisotopic (exact) mass is 493 g/mol. The zero-order valence-corrected chi connectivity index (χ0v) is 18.9. The third kappa shape index (κ3) is 6.00. The van der Waals surface area contributed by atoms with Gasteiger partial charge in [0.2, 0.25) is 11.6 Å². The van der Waals surface area contributed by atoms with Gasteiger partial charge in [0.05, 0.1) is 11.9 Å². The maximum Gasteiger partial charge on any atom is 0.293 e. The topological polar surface area (TPSA) is 189 Å². The first kappa shape index (κ1) is 23.4. The van der Waals surface area contributed by atoms with Crippen LogP contribution >= 0.6 is 11.8 Å². The molecular formula is C21H19N9O4S. The second-order valence-electron chi connectivity index (χ2n) is 6.89. The molecule has 0 saturated carbocycles. The van der Waals surface area contributed by atoms with Crippen LogP contribution in [0.3, 0.4) is 0 Å². The molecule has 0 aliphatic rings. The molecule has 0 radical (unpaired) electrons. The Balaban J connectivity index is 1.48. The minimum Gasteiger partial charge on any atom is -0.484 e. The molecule has 178 valence electrons. The molecular weight excluding hydrogens is 474 g/mol. The van der Waals surface area contributed by atoms with Crippen molar-refractivity contribution >= 4 is 35.6 Å². The lowest BCUT2D eigenvalue weighted by atomic mass is 10.2. The predicted molar refractivity (Wildman–Crippen MR) is 126 cm³/mol. The fourth-order valence-corrected chi connectivity index (χ4v) is 3.72. The van der Waals surface area contributed by atoms with Gasteiger partial charge in [-0.3, -0.25) is 9.59 Å². The SMILES string of the molecule is NC(=O)COc1ccc(/C=N\NC(=O)c2nnn(-c3nonc3N)c2CSc2ccccc2)cc1. The fourth-order valence-electron chi connectivity index (χ4n) is 2.81. The van der Waals surface area contributed by atoms with Gasteiger partial charge in [-0.05, 0) is 52.3 Å². The van der Waals surface area contributed by atoms with Crippen molar-refractivity contribution in [3.8, 4) is 11.6 Å². The number of rotatable bonds is 10. The Morgan fingerprint density at radius 2 is 1.91 bits per heavy atom. The molecule has 0 atom stereocenters. The minimum absolute atomic E-state index is 0.00842. The van der Waals surface area contributed by atoms with Crippen molar-refractivity contribution < 1.29 is 19.0 Å². The summed E-state index contributed by atoms with van der Waals surface area (Å²) in [5.74, 6) is -0.199. The Morgan fingerprint density at radius 3 is 2.60 bits per heavy atom. The molecule has 14 heteroatoms. The zero-order chi connectivity index (χ0) is 24.6. The number of benzene rings is 2. The summed E-state index contributed by atoms with van der Waals surface area (Å²) in [7, 11) is 0. The van der Waals surface area contributed by atoms with E-state index in [4.69, 9.17) is 16.2 Å². The molecule has 0 aliphatic heterocycles. The van der Waals surface area contributed by atoms with Crippen LogP contribution in [0.5, 0.6) is 5.75 Å². The minimum atomic E-state index is -0.576. The van der Waals surface area contributed by atoms with Gasteiger partial charge in [0.15, 0.2) is 12.3 Å². The number of carbonyl (C=O) groups is 2. The molecule has 0 aliphatic carbocycles. The number of primary amides is 1. The first-order valence-electron chi connectivity index (χ1n) is 10.1. The molecule has 0 bridgehead atoms. The van der Waals surface area contributed by atoms with Gasteiger partial charge < -0.3 is 16.2 Å². The second-order valence-corrected chi connectivity index (χ2v) is 7.94. The van der Waals surface area contributed by atoms with Crippen LogP contribution in [0.1, 0.15) is 21.7 Å². The molecule has 0 unspecified atom stereocenters. The van der Waals surface area contributed by atoms with Crippen molar-refractivity contribution in [3.05, 3.63) is 71.5 Å². The third-order valence-corrected chi connectivity index (χ3v) is 5.46. The number of anilines is 1. The van der Waals surface area contributed by atoms with E-state index in [1.807, 2.05) is 30.3 Å². The number of nitrogens with two attached hydrogens (primary N) is 2. The normalized spacial score (nSPS) is 11.0. The van der Waals surface area contributed by atoms with Crippen LogP contribution < -0.4 is 21.6 Å². The molecule has 2 aromatic heterocycles. The summed E-state index contributed by atoms with van der Waals surface area (Å²) in [6.45, 7) is -0.217. The maximum absolute atomic E-state index is 12.8. The van der Waals surface area contributed by atoms with Crippen molar-refractivity contribution in [2.45, 2.75) is 10.6 Å².